The van der Waals surface area contributed by atoms with Gasteiger partial charge in [0, 0.05) is 13.1 Å². The summed E-state index contributed by atoms with van der Waals surface area (Å²) in [5.41, 5.74) is -0.842. The van der Waals surface area contributed by atoms with Gasteiger partial charge in [0.25, 0.3) is 0 Å². The van der Waals surface area contributed by atoms with Crippen molar-refractivity contribution in [3.63, 3.8) is 0 Å². The van der Waals surface area contributed by atoms with Crippen molar-refractivity contribution in [2.24, 2.45) is 5.41 Å². The van der Waals surface area contributed by atoms with Gasteiger partial charge in [-0.1, -0.05) is 0 Å². The standard InChI is InChI=1S/C14H23NO4/c1-10-11(16)14(9-18-10)5-7-15(8-6-14)12(17)19-13(2,3)4/h10H,5-9H2,1-4H3/t10-/m0/s1. The molecule has 2 aliphatic rings. The smallest absolute Gasteiger partial charge is 0.410 e. The van der Waals surface area contributed by atoms with E-state index in [1.54, 1.807) is 11.8 Å². The fourth-order valence-corrected chi connectivity index (χ4v) is 2.70. The zero-order valence-corrected chi connectivity index (χ0v) is 12.2. The average molecular weight is 269 g/mol. The summed E-state index contributed by atoms with van der Waals surface area (Å²) < 4.78 is 10.8. The van der Waals surface area contributed by atoms with Crippen molar-refractivity contribution in [2.75, 3.05) is 19.7 Å². The molecule has 2 aliphatic heterocycles. The summed E-state index contributed by atoms with van der Waals surface area (Å²) in [5, 5.41) is 0. The predicted octanol–water partition coefficient (Wildman–Crippen LogP) is 1.99. The van der Waals surface area contributed by atoms with Gasteiger partial charge in [-0.05, 0) is 40.5 Å². The van der Waals surface area contributed by atoms with Crippen molar-refractivity contribution in [1.29, 1.82) is 0 Å². The third-order valence-corrected chi connectivity index (χ3v) is 3.87. The molecule has 0 aromatic heterocycles. The fourth-order valence-electron chi connectivity index (χ4n) is 2.70. The molecule has 1 amide bonds. The minimum Gasteiger partial charge on any atom is -0.444 e. The minimum absolute atomic E-state index is 0.191. The molecule has 0 saturated carbocycles. The second-order valence-corrected chi connectivity index (χ2v) is 6.57. The Bertz CT molecular complexity index is 377. The SMILES string of the molecule is C[C@@H]1OCC2(CCN(C(=O)OC(C)(C)C)CC2)C1=O. The predicted molar refractivity (Wildman–Crippen MR) is 69.9 cm³/mol. The van der Waals surface area contributed by atoms with E-state index in [4.69, 9.17) is 9.47 Å². The van der Waals surface area contributed by atoms with Crippen LogP contribution in [0.4, 0.5) is 4.79 Å². The molecule has 0 unspecified atom stereocenters. The Hall–Kier alpha value is -1.10. The Morgan fingerprint density at radius 1 is 1.37 bits per heavy atom. The Kier molecular flexibility index (Phi) is 3.60. The van der Waals surface area contributed by atoms with E-state index in [9.17, 15) is 9.59 Å². The van der Waals surface area contributed by atoms with E-state index in [2.05, 4.69) is 0 Å². The number of ketones is 1. The van der Waals surface area contributed by atoms with E-state index < -0.39 is 5.60 Å². The molecule has 0 radical (unpaired) electrons. The minimum atomic E-state index is -0.479. The van der Waals surface area contributed by atoms with Crippen LogP contribution in [0.2, 0.25) is 0 Å². The molecule has 2 fully saturated rings. The first kappa shape index (κ1) is 14.3. The number of rotatable bonds is 0. The maximum atomic E-state index is 12.1. The van der Waals surface area contributed by atoms with Crippen molar-refractivity contribution in [3.05, 3.63) is 0 Å². The summed E-state index contributed by atoms with van der Waals surface area (Å²) in [6, 6.07) is 0. The van der Waals surface area contributed by atoms with Crippen LogP contribution in [0.5, 0.6) is 0 Å². The maximum absolute atomic E-state index is 12.1. The molecule has 5 heteroatoms. The van der Waals surface area contributed by atoms with Gasteiger partial charge >= 0.3 is 6.09 Å². The number of nitrogens with zero attached hydrogens (tertiary/aromatic N) is 1. The number of piperidine rings is 1. The molecule has 108 valence electrons. The first-order valence-electron chi connectivity index (χ1n) is 6.87. The zero-order chi connectivity index (χ0) is 14.3. The molecule has 0 aliphatic carbocycles. The molecule has 0 aromatic carbocycles. The Morgan fingerprint density at radius 2 is 1.95 bits per heavy atom. The van der Waals surface area contributed by atoms with Gasteiger partial charge in [-0.2, -0.15) is 0 Å². The van der Waals surface area contributed by atoms with Crippen LogP contribution < -0.4 is 0 Å². The molecule has 2 saturated heterocycles. The average Bonchev–Trinajstić information content (AvgIpc) is 2.57. The van der Waals surface area contributed by atoms with E-state index >= 15 is 0 Å². The van der Waals surface area contributed by atoms with E-state index in [0.29, 0.717) is 32.5 Å². The molecule has 1 spiro atoms. The summed E-state index contributed by atoms with van der Waals surface area (Å²) in [6.45, 7) is 8.99. The molecule has 5 nitrogen and oxygen atoms in total. The Labute approximate surface area is 114 Å². The number of ether oxygens (including phenoxy) is 2. The van der Waals surface area contributed by atoms with Gasteiger partial charge in [-0.25, -0.2) is 4.79 Å². The van der Waals surface area contributed by atoms with Gasteiger partial charge in [0.2, 0.25) is 0 Å². The molecule has 0 N–H and O–H groups in total. The summed E-state index contributed by atoms with van der Waals surface area (Å²) >= 11 is 0. The van der Waals surface area contributed by atoms with E-state index in [1.165, 1.54) is 0 Å². The molecule has 2 rings (SSSR count). The molecule has 0 bridgehead atoms. The van der Waals surface area contributed by atoms with E-state index in [0.717, 1.165) is 0 Å². The van der Waals surface area contributed by atoms with Crippen molar-refractivity contribution < 1.29 is 19.1 Å². The third kappa shape index (κ3) is 2.91. The highest BCUT2D eigenvalue weighted by Crippen LogP contribution is 2.39. The number of carbonyl (C=O) groups is 2. The Balaban J connectivity index is 1.93. The Morgan fingerprint density at radius 3 is 2.37 bits per heavy atom. The topological polar surface area (TPSA) is 55.8 Å². The van der Waals surface area contributed by atoms with Crippen LogP contribution >= 0.6 is 0 Å². The second kappa shape index (κ2) is 4.78. The summed E-state index contributed by atoms with van der Waals surface area (Å²) in [5.74, 6) is 0.191. The lowest BCUT2D eigenvalue weighted by Gasteiger charge is -2.37. The molecular formula is C14H23NO4. The van der Waals surface area contributed by atoms with E-state index in [1.807, 2.05) is 20.8 Å². The monoisotopic (exact) mass is 269 g/mol. The van der Waals surface area contributed by atoms with Crippen LogP contribution in [0.1, 0.15) is 40.5 Å². The van der Waals surface area contributed by atoms with Crippen LogP contribution in [0.3, 0.4) is 0 Å². The number of hydrogen-bond acceptors (Lipinski definition) is 4. The van der Waals surface area contributed by atoms with Gasteiger partial charge in [0.15, 0.2) is 5.78 Å². The number of carbonyl (C=O) groups excluding carboxylic acids is 2. The first-order chi connectivity index (χ1) is 8.73. The molecule has 2 heterocycles. The lowest BCUT2D eigenvalue weighted by atomic mass is 9.76. The van der Waals surface area contributed by atoms with Gasteiger partial charge in [-0.15, -0.1) is 0 Å². The normalized spacial score (nSPS) is 26.8. The summed E-state index contributed by atoms with van der Waals surface area (Å²) in [6.07, 6.45) is 0.764. The number of amides is 1. The number of Topliss-reactive ketones (excluding diaryl/α,β-unsaturated/α-hetero) is 1. The van der Waals surface area contributed by atoms with Gasteiger partial charge in [0.1, 0.15) is 11.7 Å². The van der Waals surface area contributed by atoms with Gasteiger partial charge in [0.05, 0.1) is 12.0 Å². The fraction of sp³-hybridized carbons (Fsp3) is 0.857. The van der Waals surface area contributed by atoms with Crippen LogP contribution in [0, 0.1) is 5.41 Å². The molecule has 0 aromatic rings. The first-order valence-corrected chi connectivity index (χ1v) is 6.87. The highest BCUT2D eigenvalue weighted by molar-refractivity contribution is 5.90. The van der Waals surface area contributed by atoms with Gasteiger partial charge < -0.3 is 14.4 Å². The van der Waals surface area contributed by atoms with Crippen LogP contribution in [0.25, 0.3) is 0 Å². The number of hydrogen-bond donors (Lipinski definition) is 0. The lowest BCUT2D eigenvalue weighted by molar-refractivity contribution is -0.129. The van der Waals surface area contributed by atoms with Crippen molar-refractivity contribution in [1.82, 2.24) is 4.90 Å². The molecule has 19 heavy (non-hydrogen) atoms. The van der Waals surface area contributed by atoms with Crippen LogP contribution in [0.15, 0.2) is 0 Å². The number of likely N-dealkylation sites (tertiary alicyclic amines) is 1. The highest BCUT2D eigenvalue weighted by Gasteiger charge is 2.49. The van der Waals surface area contributed by atoms with Gasteiger partial charge in [-0.3, -0.25) is 4.79 Å². The summed E-state index contributed by atoms with van der Waals surface area (Å²) in [4.78, 5) is 25.8. The quantitative estimate of drug-likeness (QED) is 0.675. The van der Waals surface area contributed by atoms with Crippen molar-refractivity contribution in [2.45, 2.75) is 52.2 Å². The third-order valence-electron chi connectivity index (χ3n) is 3.87. The second-order valence-electron chi connectivity index (χ2n) is 6.57. The zero-order valence-electron chi connectivity index (χ0n) is 12.2. The summed E-state index contributed by atoms with van der Waals surface area (Å²) in [7, 11) is 0. The maximum Gasteiger partial charge on any atom is 0.410 e. The van der Waals surface area contributed by atoms with Crippen molar-refractivity contribution >= 4 is 11.9 Å². The van der Waals surface area contributed by atoms with E-state index in [-0.39, 0.29) is 23.4 Å². The molecule has 1 atom stereocenters. The molecular weight excluding hydrogens is 246 g/mol. The lowest BCUT2D eigenvalue weighted by Crippen LogP contribution is -2.48. The van der Waals surface area contributed by atoms with Crippen LogP contribution in [-0.2, 0) is 14.3 Å². The highest BCUT2D eigenvalue weighted by atomic mass is 16.6. The van der Waals surface area contributed by atoms with Crippen LogP contribution in [-0.4, -0.2) is 48.2 Å². The van der Waals surface area contributed by atoms with Crippen molar-refractivity contribution in [3.8, 4) is 0 Å². The largest absolute Gasteiger partial charge is 0.444 e.